The molecule has 1 N–H and O–H groups in total. The first-order valence-corrected chi connectivity index (χ1v) is 8.09. The Morgan fingerprint density at radius 2 is 2.11 bits per heavy atom. The molecule has 1 aliphatic heterocycles. The molecule has 1 heterocycles. The maximum atomic E-state index is 12.4. The van der Waals surface area contributed by atoms with Crippen molar-refractivity contribution in [2.24, 2.45) is 0 Å². The second kappa shape index (κ2) is 5.61. The Hall–Kier alpha value is -0.910. The van der Waals surface area contributed by atoms with Gasteiger partial charge in [0.1, 0.15) is 0 Å². The van der Waals surface area contributed by atoms with Gasteiger partial charge in [-0.3, -0.25) is 0 Å². The lowest BCUT2D eigenvalue weighted by Gasteiger charge is -2.20. The highest BCUT2D eigenvalue weighted by molar-refractivity contribution is 7.89. The van der Waals surface area contributed by atoms with Gasteiger partial charge in [-0.15, -0.1) is 0 Å². The lowest BCUT2D eigenvalue weighted by Crippen LogP contribution is -2.40. The molecular weight excluding hydrogens is 262 g/mol. The van der Waals surface area contributed by atoms with E-state index >= 15 is 0 Å². The number of benzene rings is 1. The Labute approximate surface area is 115 Å². The van der Waals surface area contributed by atoms with Crippen LogP contribution in [0.25, 0.3) is 0 Å². The Morgan fingerprint density at radius 1 is 1.37 bits per heavy atom. The minimum absolute atomic E-state index is 0.0134. The standard InChI is InChI=1S/C14H21NO3S/c1-10-6-7-14(11(2)9-10)19(16,17)15-12(3)13-5-4-8-18-13/h6-7,9,12-13,15H,4-5,8H2,1-3H3. The van der Waals surface area contributed by atoms with Crippen LogP contribution in [0.4, 0.5) is 0 Å². The summed E-state index contributed by atoms with van der Waals surface area (Å²) in [6.07, 6.45) is 1.90. The van der Waals surface area contributed by atoms with Crippen molar-refractivity contribution in [2.45, 2.75) is 50.7 Å². The maximum absolute atomic E-state index is 12.4. The maximum Gasteiger partial charge on any atom is 0.241 e. The second-order valence-corrected chi connectivity index (χ2v) is 6.91. The average Bonchev–Trinajstić information content (AvgIpc) is 2.80. The fraction of sp³-hybridized carbons (Fsp3) is 0.571. The lowest BCUT2D eigenvalue weighted by molar-refractivity contribution is 0.0902. The molecule has 1 aromatic carbocycles. The molecule has 1 aliphatic rings. The van der Waals surface area contributed by atoms with Crippen LogP contribution in [0.2, 0.25) is 0 Å². The zero-order valence-electron chi connectivity index (χ0n) is 11.6. The summed E-state index contributed by atoms with van der Waals surface area (Å²) >= 11 is 0. The minimum atomic E-state index is -3.47. The molecule has 1 saturated heterocycles. The van der Waals surface area contributed by atoms with Gasteiger partial charge in [-0.05, 0) is 45.2 Å². The van der Waals surface area contributed by atoms with Crippen molar-refractivity contribution in [1.82, 2.24) is 4.72 Å². The Kier molecular flexibility index (Phi) is 4.28. The van der Waals surface area contributed by atoms with Gasteiger partial charge in [-0.2, -0.15) is 0 Å². The van der Waals surface area contributed by atoms with E-state index in [9.17, 15) is 8.42 Å². The highest BCUT2D eigenvalue weighted by atomic mass is 32.2. The lowest BCUT2D eigenvalue weighted by atomic mass is 10.1. The van der Waals surface area contributed by atoms with Gasteiger partial charge in [0.25, 0.3) is 0 Å². The van der Waals surface area contributed by atoms with Crippen LogP contribution in [-0.2, 0) is 14.8 Å². The number of aryl methyl sites for hydroxylation is 2. The van der Waals surface area contributed by atoms with Crippen LogP contribution in [0, 0.1) is 13.8 Å². The number of rotatable bonds is 4. The van der Waals surface area contributed by atoms with Crippen LogP contribution < -0.4 is 4.72 Å². The quantitative estimate of drug-likeness (QED) is 0.921. The van der Waals surface area contributed by atoms with Crippen molar-refractivity contribution >= 4 is 10.0 Å². The predicted octanol–water partition coefficient (Wildman–Crippen LogP) is 2.15. The van der Waals surface area contributed by atoms with E-state index in [2.05, 4.69) is 4.72 Å². The fourth-order valence-electron chi connectivity index (χ4n) is 2.48. The van der Waals surface area contributed by atoms with Crippen molar-refractivity contribution in [3.8, 4) is 0 Å². The van der Waals surface area contributed by atoms with Crippen molar-refractivity contribution in [1.29, 1.82) is 0 Å². The van der Waals surface area contributed by atoms with Crippen molar-refractivity contribution in [2.75, 3.05) is 6.61 Å². The van der Waals surface area contributed by atoms with Gasteiger partial charge in [-0.1, -0.05) is 17.7 Å². The summed E-state index contributed by atoms with van der Waals surface area (Å²) in [5.41, 5.74) is 1.83. The third-order valence-corrected chi connectivity index (χ3v) is 5.20. The normalized spacial score (nSPS) is 21.5. The molecule has 0 saturated carbocycles. The van der Waals surface area contributed by atoms with Gasteiger partial charge in [0.2, 0.25) is 10.0 Å². The molecule has 0 aliphatic carbocycles. The van der Waals surface area contributed by atoms with Crippen LogP contribution in [0.5, 0.6) is 0 Å². The largest absolute Gasteiger partial charge is 0.377 e. The third-order valence-electron chi connectivity index (χ3n) is 3.48. The van der Waals surface area contributed by atoms with E-state index in [1.165, 1.54) is 0 Å². The molecule has 0 radical (unpaired) electrons. The number of hydrogen-bond acceptors (Lipinski definition) is 3. The topological polar surface area (TPSA) is 55.4 Å². The summed E-state index contributed by atoms with van der Waals surface area (Å²) in [5, 5.41) is 0. The van der Waals surface area contributed by atoms with Gasteiger partial charge in [0, 0.05) is 12.6 Å². The monoisotopic (exact) mass is 283 g/mol. The first kappa shape index (κ1) is 14.5. The molecule has 1 fully saturated rings. The van der Waals surface area contributed by atoms with E-state index in [0.717, 1.165) is 30.6 Å². The zero-order chi connectivity index (χ0) is 14.0. The summed E-state index contributed by atoms with van der Waals surface area (Å²) in [7, 11) is -3.47. The van der Waals surface area contributed by atoms with Crippen molar-refractivity contribution in [3.63, 3.8) is 0 Å². The molecule has 0 amide bonds. The summed E-state index contributed by atoms with van der Waals surface area (Å²) in [6.45, 7) is 6.35. The minimum Gasteiger partial charge on any atom is -0.377 e. The average molecular weight is 283 g/mol. The highest BCUT2D eigenvalue weighted by Gasteiger charge is 2.27. The smallest absolute Gasteiger partial charge is 0.241 e. The summed E-state index contributed by atoms with van der Waals surface area (Å²) < 4.78 is 33.0. The number of hydrogen-bond donors (Lipinski definition) is 1. The van der Waals surface area contributed by atoms with Crippen LogP contribution >= 0.6 is 0 Å². The summed E-state index contributed by atoms with van der Waals surface area (Å²) in [5.74, 6) is 0. The van der Waals surface area contributed by atoms with E-state index in [-0.39, 0.29) is 12.1 Å². The van der Waals surface area contributed by atoms with Gasteiger partial charge in [-0.25, -0.2) is 13.1 Å². The molecule has 19 heavy (non-hydrogen) atoms. The zero-order valence-corrected chi connectivity index (χ0v) is 12.5. The summed E-state index contributed by atoms with van der Waals surface area (Å²) in [6, 6.07) is 5.16. The van der Waals surface area contributed by atoms with E-state index in [4.69, 9.17) is 4.74 Å². The molecule has 5 heteroatoms. The molecule has 4 nitrogen and oxygen atoms in total. The van der Waals surface area contributed by atoms with Crippen LogP contribution in [0.3, 0.4) is 0 Å². The Bertz CT molecular complexity index is 548. The van der Waals surface area contributed by atoms with Gasteiger partial charge >= 0.3 is 0 Å². The number of nitrogens with one attached hydrogen (secondary N) is 1. The molecule has 106 valence electrons. The molecule has 0 spiro atoms. The fourth-order valence-corrected chi connectivity index (χ4v) is 3.98. The Morgan fingerprint density at radius 3 is 2.68 bits per heavy atom. The van der Waals surface area contributed by atoms with E-state index < -0.39 is 10.0 Å². The SMILES string of the molecule is Cc1ccc(S(=O)(=O)NC(C)C2CCCO2)c(C)c1. The van der Waals surface area contributed by atoms with Gasteiger partial charge < -0.3 is 4.74 Å². The predicted molar refractivity (Wildman–Crippen MR) is 74.7 cm³/mol. The van der Waals surface area contributed by atoms with Crippen LogP contribution in [0.15, 0.2) is 23.1 Å². The molecule has 2 atom stereocenters. The first-order valence-electron chi connectivity index (χ1n) is 6.61. The van der Waals surface area contributed by atoms with Crippen molar-refractivity contribution < 1.29 is 13.2 Å². The summed E-state index contributed by atoms with van der Waals surface area (Å²) in [4.78, 5) is 0.350. The van der Waals surface area contributed by atoms with E-state index in [1.54, 1.807) is 6.07 Å². The molecule has 2 unspecified atom stereocenters. The molecule has 2 rings (SSSR count). The molecular formula is C14H21NO3S. The van der Waals surface area contributed by atoms with Gasteiger partial charge in [0.05, 0.1) is 11.0 Å². The van der Waals surface area contributed by atoms with Crippen molar-refractivity contribution in [3.05, 3.63) is 29.3 Å². The Balaban J connectivity index is 2.17. The van der Waals surface area contributed by atoms with Crippen LogP contribution in [-0.4, -0.2) is 27.2 Å². The second-order valence-electron chi connectivity index (χ2n) is 5.23. The van der Waals surface area contributed by atoms with Gasteiger partial charge in [0.15, 0.2) is 0 Å². The molecule has 0 bridgehead atoms. The number of sulfonamides is 1. The molecule has 1 aromatic rings. The van der Waals surface area contributed by atoms with E-state index in [1.807, 2.05) is 32.9 Å². The molecule has 0 aromatic heterocycles. The van der Waals surface area contributed by atoms with E-state index in [0.29, 0.717) is 4.90 Å². The highest BCUT2D eigenvalue weighted by Crippen LogP contribution is 2.20. The first-order chi connectivity index (χ1) is 8.90. The third kappa shape index (κ3) is 3.35. The van der Waals surface area contributed by atoms with Crippen LogP contribution in [0.1, 0.15) is 30.9 Å². The number of ether oxygens (including phenoxy) is 1.